The molecule has 6 heteroatoms. The highest BCUT2D eigenvalue weighted by molar-refractivity contribution is 9.10. The Bertz CT molecular complexity index is 640. The van der Waals surface area contributed by atoms with Crippen LogP contribution in [0.15, 0.2) is 44.6 Å². The molecule has 0 unspecified atom stereocenters. The van der Waals surface area contributed by atoms with Gasteiger partial charge in [-0.15, -0.1) is 11.8 Å². The lowest BCUT2D eigenvalue weighted by atomic mass is 10.2. The van der Waals surface area contributed by atoms with Gasteiger partial charge in [0.2, 0.25) is 0 Å². The third-order valence-electron chi connectivity index (χ3n) is 2.79. The van der Waals surface area contributed by atoms with Gasteiger partial charge in [0, 0.05) is 24.2 Å². The molecule has 0 aliphatic rings. The van der Waals surface area contributed by atoms with Crippen molar-refractivity contribution in [3.05, 3.63) is 50.9 Å². The minimum absolute atomic E-state index is 0.138. The number of aryl methyl sites for hydroxylation is 2. The van der Waals surface area contributed by atoms with Crippen LogP contribution in [-0.4, -0.2) is 22.1 Å². The van der Waals surface area contributed by atoms with Gasteiger partial charge < -0.3 is 5.32 Å². The number of nitrogens with zero attached hydrogens (tertiary/aromatic N) is 2. The average Bonchev–Trinajstić information content (AvgIpc) is 2.45. The predicted octanol–water partition coefficient (Wildman–Crippen LogP) is 3.06. The highest BCUT2D eigenvalue weighted by Crippen LogP contribution is 2.19. The van der Waals surface area contributed by atoms with Crippen molar-refractivity contribution in [1.29, 1.82) is 0 Å². The maximum absolute atomic E-state index is 11.7. The van der Waals surface area contributed by atoms with E-state index < -0.39 is 0 Å². The molecule has 106 valence electrons. The number of aromatic nitrogens is 2. The maximum atomic E-state index is 11.7. The number of nitrogens with one attached hydrogen (secondary N) is 1. The summed E-state index contributed by atoms with van der Waals surface area (Å²) in [7, 11) is 1.63. The first-order chi connectivity index (χ1) is 9.58. The minimum atomic E-state index is -0.138. The summed E-state index contributed by atoms with van der Waals surface area (Å²) in [5.41, 5.74) is 1.86. The number of halogens is 1. The number of anilines is 1. The van der Waals surface area contributed by atoms with Crippen LogP contribution in [0.3, 0.4) is 0 Å². The molecule has 0 aliphatic heterocycles. The molecule has 1 heterocycles. The van der Waals surface area contributed by atoms with Crippen molar-refractivity contribution in [1.82, 2.24) is 9.78 Å². The highest BCUT2D eigenvalue weighted by Gasteiger charge is 2.05. The molecule has 4 nitrogen and oxygen atoms in total. The molecule has 20 heavy (non-hydrogen) atoms. The Morgan fingerprint density at radius 2 is 2.05 bits per heavy atom. The summed E-state index contributed by atoms with van der Waals surface area (Å²) in [5.74, 6) is 0.921. The van der Waals surface area contributed by atoms with E-state index in [9.17, 15) is 4.79 Å². The van der Waals surface area contributed by atoms with Crippen LogP contribution in [0.1, 0.15) is 5.56 Å². The molecule has 1 aromatic carbocycles. The van der Waals surface area contributed by atoms with Gasteiger partial charge in [0.25, 0.3) is 5.56 Å². The molecule has 1 N–H and O–H groups in total. The fourth-order valence-corrected chi connectivity index (χ4v) is 2.89. The summed E-state index contributed by atoms with van der Waals surface area (Å²) in [6, 6.07) is 8.46. The summed E-state index contributed by atoms with van der Waals surface area (Å²) in [5, 5.41) is 7.21. The number of hydrogen-bond acceptors (Lipinski definition) is 4. The lowest BCUT2D eigenvalue weighted by molar-refractivity contribution is 0.703. The van der Waals surface area contributed by atoms with E-state index in [-0.39, 0.29) is 5.56 Å². The minimum Gasteiger partial charge on any atom is -0.382 e. The van der Waals surface area contributed by atoms with Crippen molar-refractivity contribution in [2.45, 2.75) is 11.8 Å². The fraction of sp³-hybridized carbons (Fsp3) is 0.286. The van der Waals surface area contributed by atoms with Crippen molar-refractivity contribution >= 4 is 33.4 Å². The molecular weight excluding hydrogens is 338 g/mol. The van der Waals surface area contributed by atoms with Gasteiger partial charge in [0.15, 0.2) is 0 Å². The van der Waals surface area contributed by atoms with E-state index in [0.29, 0.717) is 4.47 Å². The molecule has 2 rings (SSSR count). The maximum Gasteiger partial charge on any atom is 0.282 e. The summed E-state index contributed by atoms with van der Waals surface area (Å²) < 4.78 is 1.83. The molecule has 2 aromatic rings. The summed E-state index contributed by atoms with van der Waals surface area (Å²) in [4.78, 5) is 12.9. The van der Waals surface area contributed by atoms with Gasteiger partial charge in [-0.25, -0.2) is 4.68 Å². The van der Waals surface area contributed by atoms with Crippen LogP contribution in [0.25, 0.3) is 0 Å². The number of thioether (sulfide) groups is 1. The van der Waals surface area contributed by atoms with Crippen LogP contribution < -0.4 is 10.9 Å². The number of hydrogen-bond donors (Lipinski definition) is 1. The SMILES string of the molecule is Cc1ccc(SCCNc2cnn(C)c(=O)c2Br)cc1. The second kappa shape index (κ2) is 6.95. The fourth-order valence-electron chi connectivity index (χ4n) is 1.62. The number of rotatable bonds is 5. The van der Waals surface area contributed by atoms with E-state index in [1.54, 1.807) is 25.0 Å². The van der Waals surface area contributed by atoms with Crippen LogP contribution in [0, 0.1) is 6.92 Å². The lowest BCUT2D eigenvalue weighted by Crippen LogP contribution is -2.21. The van der Waals surface area contributed by atoms with Crippen LogP contribution >= 0.6 is 27.7 Å². The molecule has 1 aromatic heterocycles. The van der Waals surface area contributed by atoms with E-state index in [1.807, 2.05) is 0 Å². The van der Waals surface area contributed by atoms with Crippen molar-refractivity contribution in [3.63, 3.8) is 0 Å². The van der Waals surface area contributed by atoms with Gasteiger partial charge in [-0.2, -0.15) is 5.10 Å². The first-order valence-corrected chi connectivity index (χ1v) is 8.01. The highest BCUT2D eigenvalue weighted by atomic mass is 79.9. The zero-order valence-electron chi connectivity index (χ0n) is 11.4. The molecule has 0 saturated heterocycles. The topological polar surface area (TPSA) is 46.9 Å². The third kappa shape index (κ3) is 3.86. The second-order valence-corrected chi connectivity index (χ2v) is 6.35. The summed E-state index contributed by atoms with van der Waals surface area (Å²) in [6.45, 7) is 2.85. The molecule has 0 saturated carbocycles. The van der Waals surface area contributed by atoms with Crippen molar-refractivity contribution < 1.29 is 0 Å². The quantitative estimate of drug-likeness (QED) is 0.662. The zero-order chi connectivity index (χ0) is 14.5. The third-order valence-corrected chi connectivity index (χ3v) is 4.57. The summed E-state index contributed by atoms with van der Waals surface area (Å²) in [6.07, 6.45) is 1.65. The van der Waals surface area contributed by atoms with E-state index in [1.165, 1.54) is 15.1 Å². The van der Waals surface area contributed by atoms with Crippen LogP contribution in [0.4, 0.5) is 5.69 Å². The molecule has 0 amide bonds. The Morgan fingerprint density at radius 1 is 1.35 bits per heavy atom. The van der Waals surface area contributed by atoms with Gasteiger partial charge in [-0.1, -0.05) is 17.7 Å². The molecule has 0 atom stereocenters. The Hall–Kier alpha value is -1.27. The van der Waals surface area contributed by atoms with Gasteiger partial charge in [0.1, 0.15) is 4.47 Å². The standard InChI is InChI=1S/C14H16BrN3OS/c1-10-3-5-11(6-4-10)20-8-7-16-12-9-17-18(2)14(19)13(12)15/h3-6,9,16H,7-8H2,1-2H3. The van der Waals surface area contributed by atoms with Gasteiger partial charge >= 0.3 is 0 Å². The van der Waals surface area contributed by atoms with Gasteiger partial charge in [0.05, 0.1) is 11.9 Å². The monoisotopic (exact) mass is 353 g/mol. The average molecular weight is 354 g/mol. The van der Waals surface area contributed by atoms with E-state index in [4.69, 9.17) is 0 Å². The van der Waals surface area contributed by atoms with E-state index in [2.05, 4.69) is 57.5 Å². The Balaban J connectivity index is 1.86. The van der Waals surface area contributed by atoms with Gasteiger partial charge in [-0.05, 0) is 35.0 Å². The normalized spacial score (nSPS) is 10.6. The Morgan fingerprint density at radius 3 is 2.75 bits per heavy atom. The van der Waals surface area contributed by atoms with Crippen LogP contribution in [0.2, 0.25) is 0 Å². The van der Waals surface area contributed by atoms with E-state index >= 15 is 0 Å². The lowest BCUT2D eigenvalue weighted by Gasteiger charge is -2.08. The van der Waals surface area contributed by atoms with Crippen molar-refractivity contribution in [3.8, 4) is 0 Å². The molecule has 0 radical (unpaired) electrons. The van der Waals surface area contributed by atoms with Crippen molar-refractivity contribution in [2.24, 2.45) is 7.05 Å². The number of benzene rings is 1. The molecule has 0 bridgehead atoms. The molecular formula is C14H16BrN3OS. The molecule has 0 fully saturated rings. The van der Waals surface area contributed by atoms with Crippen molar-refractivity contribution in [2.75, 3.05) is 17.6 Å². The van der Waals surface area contributed by atoms with E-state index in [0.717, 1.165) is 18.0 Å². The smallest absolute Gasteiger partial charge is 0.282 e. The first kappa shape index (κ1) is 15.1. The molecule has 0 spiro atoms. The second-order valence-electron chi connectivity index (χ2n) is 4.39. The zero-order valence-corrected chi connectivity index (χ0v) is 13.8. The predicted molar refractivity (Wildman–Crippen MR) is 87.6 cm³/mol. The molecule has 0 aliphatic carbocycles. The van der Waals surface area contributed by atoms with Gasteiger partial charge in [-0.3, -0.25) is 4.79 Å². The van der Waals surface area contributed by atoms with Crippen LogP contribution in [0.5, 0.6) is 0 Å². The first-order valence-electron chi connectivity index (χ1n) is 6.23. The summed E-state index contributed by atoms with van der Waals surface area (Å²) >= 11 is 5.07. The van der Waals surface area contributed by atoms with Crippen LogP contribution in [-0.2, 0) is 7.05 Å². The Kier molecular flexibility index (Phi) is 5.25. The largest absolute Gasteiger partial charge is 0.382 e. The Labute approximate surface area is 130 Å².